The predicted octanol–water partition coefficient (Wildman–Crippen LogP) is 3.95. The van der Waals surface area contributed by atoms with Gasteiger partial charge in [-0.25, -0.2) is 4.98 Å². The smallest absolute Gasteiger partial charge is 0.260 e. The van der Waals surface area contributed by atoms with Gasteiger partial charge in [0.25, 0.3) is 5.22 Å². The minimum absolute atomic E-state index is 0.479. The average molecular weight is 314 g/mol. The maximum absolute atomic E-state index is 9.52. The molecule has 2 rings (SSSR count). The van der Waals surface area contributed by atoms with Crippen molar-refractivity contribution in [3.05, 3.63) is 40.2 Å². The Kier molecular flexibility index (Phi) is 3.91. The van der Waals surface area contributed by atoms with Gasteiger partial charge in [-0.2, -0.15) is 0 Å². The van der Waals surface area contributed by atoms with Crippen molar-refractivity contribution >= 4 is 27.7 Å². The van der Waals surface area contributed by atoms with Crippen LogP contribution >= 0.6 is 27.7 Å². The van der Waals surface area contributed by atoms with Crippen LogP contribution in [0, 0.1) is 6.92 Å². The van der Waals surface area contributed by atoms with Crippen molar-refractivity contribution in [2.45, 2.75) is 30.1 Å². The third-order valence-corrected chi connectivity index (χ3v) is 3.76. The molecule has 0 radical (unpaired) electrons. The molecule has 1 aromatic heterocycles. The molecule has 0 aliphatic rings. The minimum atomic E-state index is -0.479. The van der Waals surface area contributed by atoms with Crippen LogP contribution in [0.25, 0.3) is 0 Å². The predicted molar refractivity (Wildman–Crippen MR) is 70.1 cm³/mol. The van der Waals surface area contributed by atoms with Gasteiger partial charge in [0.2, 0.25) is 0 Å². The number of hydrogen-bond acceptors (Lipinski definition) is 4. The number of benzene rings is 1. The van der Waals surface area contributed by atoms with Crippen LogP contribution in [-0.4, -0.2) is 10.1 Å². The SMILES string of the molecule is Cc1coc(Sc2ccc([C@H](C)O)c(Br)c2)n1. The van der Waals surface area contributed by atoms with E-state index in [1.807, 2.05) is 25.1 Å². The van der Waals surface area contributed by atoms with E-state index in [2.05, 4.69) is 20.9 Å². The van der Waals surface area contributed by atoms with Crippen molar-refractivity contribution < 1.29 is 9.52 Å². The molecule has 1 N–H and O–H groups in total. The van der Waals surface area contributed by atoms with Crippen molar-refractivity contribution in [1.82, 2.24) is 4.98 Å². The van der Waals surface area contributed by atoms with Gasteiger partial charge in [0.1, 0.15) is 6.26 Å². The number of aliphatic hydroxyl groups excluding tert-OH is 1. The highest BCUT2D eigenvalue weighted by molar-refractivity contribution is 9.10. The molecule has 1 aromatic carbocycles. The maximum Gasteiger partial charge on any atom is 0.260 e. The van der Waals surface area contributed by atoms with Crippen LogP contribution in [0.15, 0.2) is 43.5 Å². The molecule has 0 saturated carbocycles. The van der Waals surface area contributed by atoms with Gasteiger partial charge in [0, 0.05) is 9.37 Å². The number of rotatable bonds is 3. The van der Waals surface area contributed by atoms with Crippen molar-refractivity contribution in [2.75, 3.05) is 0 Å². The lowest BCUT2D eigenvalue weighted by Gasteiger charge is -2.08. The number of aliphatic hydroxyl groups is 1. The van der Waals surface area contributed by atoms with Crippen LogP contribution in [0.1, 0.15) is 24.3 Å². The Morgan fingerprint density at radius 2 is 2.24 bits per heavy atom. The van der Waals surface area contributed by atoms with E-state index in [4.69, 9.17) is 4.42 Å². The zero-order valence-corrected chi connectivity index (χ0v) is 11.9. The molecule has 0 aliphatic heterocycles. The zero-order valence-electron chi connectivity index (χ0n) is 9.48. The fraction of sp³-hybridized carbons (Fsp3) is 0.250. The second-order valence-corrected chi connectivity index (χ2v) is 5.60. The minimum Gasteiger partial charge on any atom is -0.439 e. The van der Waals surface area contributed by atoms with Crippen molar-refractivity contribution in [2.24, 2.45) is 0 Å². The molecule has 1 atom stereocenters. The fourth-order valence-electron chi connectivity index (χ4n) is 1.39. The molecule has 90 valence electrons. The molecule has 0 amide bonds. The van der Waals surface area contributed by atoms with E-state index in [1.54, 1.807) is 13.2 Å². The summed E-state index contributed by atoms with van der Waals surface area (Å²) in [5.41, 5.74) is 1.74. The van der Waals surface area contributed by atoms with Gasteiger partial charge in [-0.3, -0.25) is 0 Å². The van der Waals surface area contributed by atoms with E-state index in [0.29, 0.717) is 5.22 Å². The molecule has 5 heteroatoms. The summed E-state index contributed by atoms with van der Waals surface area (Å²) in [5.74, 6) is 0. The molecule has 0 saturated heterocycles. The lowest BCUT2D eigenvalue weighted by Crippen LogP contribution is -1.92. The van der Waals surface area contributed by atoms with Gasteiger partial charge in [-0.05, 0) is 43.3 Å². The van der Waals surface area contributed by atoms with Gasteiger partial charge < -0.3 is 9.52 Å². The zero-order chi connectivity index (χ0) is 12.4. The number of halogens is 1. The second kappa shape index (κ2) is 5.25. The summed E-state index contributed by atoms with van der Waals surface area (Å²) in [6.45, 7) is 3.63. The first kappa shape index (κ1) is 12.7. The lowest BCUT2D eigenvalue weighted by atomic mass is 10.1. The van der Waals surface area contributed by atoms with Crippen molar-refractivity contribution in [3.63, 3.8) is 0 Å². The quantitative estimate of drug-likeness (QED) is 0.932. The largest absolute Gasteiger partial charge is 0.439 e. The Morgan fingerprint density at radius 3 is 2.76 bits per heavy atom. The van der Waals surface area contributed by atoms with E-state index in [9.17, 15) is 5.11 Å². The number of oxazole rings is 1. The fourth-order valence-corrected chi connectivity index (χ4v) is 3.05. The van der Waals surface area contributed by atoms with Gasteiger partial charge >= 0.3 is 0 Å². The van der Waals surface area contributed by atoms with Crippen LogP contribution in [-0.2, 0) is 0 Å². The number of aromatic nitrogens is 1. The Labute approximate surface area is 112 Å². The van der Waals surface area contributed by atoms with E-state index in [-0.39, 0.29) is 0 Å². The number of nitrogens with zero attached hydrogens (tertiary/aromatic N) is 1. The third-order valence-electron chi connectivity index (χ3n) is 2.23. The summed E-state index contributed by atoms with van der Waals surface area (Å²) in [4.78, 5) is 5.24. The molecule has 17 heavy (non-hydrogen) atoms. The van der Waals surface area contributed by atoms with E-state index in [1.165, 1.54) is 11.8 Å². The topological polar surface area (TPSA) is 46.3 Å². The normalized spacial score (nSPS) is 12.7. The van der Waals surface area contributed by atoms with Crippen molar-refractivity contribution in [1.29, 1.82) is 0 Å². The molecule has 3 nitrogen and oxygen atoms in total. The van der Waals surface area contributed by atoms with Gasteiger partial charge in [0.15, 0.2) is 0 Å². The molecule has 0 unspecified atom stereocenters. The average Bonchev–Trinajstić information content (AvgIpc) is 2.63. The van der Waals surface area contributed by atoms with E-state index in [0.717, 1.165) is 20.6 Å². The molecule has 0 bridgehead atoms. The highest BCUT2D eigenvalue weighted by atomic mass is 79.9. The molecule has 0 aliphatic carbocycles. The summed E-state index contributed by atoms with van der Waals surface area (Å²) < 4.78 is 6.16. The Morgan fingerprint density at radius 1 is 1.47 bits per heavy atom. The monoisotopic (exact) mass is 313 g/mol. The van der Waals surface area contributed by atoms with E-state index < -0.39 is 6.10 Å². The van der Waals surface area contributed by atoms with E-state index >= 15 is 0 Å². The van der Waals surface area contributed by atoms with Crippen LogP contribution in [0.3, 0.4) is 0 Å². The lowest BCUT2D eigenvalue weighted by molar-refractivity contribution is 0.198. The summed E-state index contributed by atoms with van der Waals surface area (Å²) in [5, 5.41) is 10.1. The molecular formula is C12H12BrNO2S. The van der Waals surface area contributed by atoms with Crippen molar-refractivity contribution in [3.8, 4) is 0 Å². The van der Waals surface area contributed by atoms with Crippen LogP contribution in [0.2, 0.25) is 0 Å². The van der Waals surface area contributed by atoms with Crippen LogP contribution < -0.4 is 0 Å². The summed E-state index contributed by atoms with van der Waals surface area (Å²) in [6, 6.07) is 5.79. The third kappa shape index (κ3) is 3.12. The maximum atomic E-state index is 9.52. The number of hydrogen-bond donors (Lipinski definition) is 1. The highest BCUT2D eigenvalue weighted by Gasteiger charge is 2.09. The Hall–Kier alpha value is -0.780. The van der Waals surface area contributed by atoms with Crippen LogP contribution in [0.5, 0.6) is 0 Å². The molecule has 1 heterocycles. The van der Waals surface area contributed by atoms with Gasteiger partial charge in [0.05, 0.1) is 11.8 Å². The Bertz CT molecular complexity index is 525. The van der Waals surface area contributed by atoms with Gasteiger partial charge in [-0.1, -0.05) is 22.0 Å². The highest BCUT2D eigenvalue weighted by Crippen LogP contribution is 2.32. The first-order valence-electron chi connectivity index (χ1n) is 5.14. The molecule has 0 fully saturated rings. The van der Waals surface area contributed by atoms with Gasteiger partial charge in [-0.15, -0.1) is 0 Å². The molecule has 0 spiro atoms. The standard InChI is InChI=1S/C12H12BrNO2S/c1-7-6-16-12(14-7)17-9-3-4-10(8(2)15)11(13)5-9/h3-6,8,15H,1-2H3/t8-/m0/s1. The summed E-state index contributed by atoms with van der Waals surface area (Å²) in [7, 11) is 0. The molecule has 2 aromatic rings. The van der Waals surface area contributed by atoms with Crippen LogP contribution in [0.4, 0.5) is 0 Å². The summed E-state index contributed by atoms with van der Waals surface area (Å²) in [6.07, 6.45) is 1.15. The summed E-state index contributed by atoms with van der Waals surface area (Å²) >= 11 is 4.90. The first-order valence-corrected chi connectivity index (χ1v) is 6.74. The molecular weight excluding hydrogens is 302 g/mol. The number of aryl methyl sites for hydroxylation is 1. The second-order valence-electron chi connectivity index (χ2n) is 3.72. The first-order chi connectivity index (χ1) is 8.06. The Balaban J connectivity index is 2.20.